The van der Waals surface area contributed by atoms with E-state index in [1.165, 1.54) is 0 Å². The number of nitrogens with zero attached hydrogens (tertiary/aromatic N) is 3. The minimum atomic E-state index is 0.121. The van der Waals surface area contributed by atoms with Gasteiger partial charge in [0.2, 0.25) is 5.88 Å². The van der Waals surface area contributed by atoms with E-state index in [9.17, 15) is 0 Å². The quantitative estimate of drug-likeness (QED) is 0.721. The average Bonchev–Trinajstić information content (AvgIpc) is 2.73. The summed E-state index contributed by atoms with van der Waals surface area (Å²) in [4.78, 5) is 10.8. The summed E-state index contributed by atoms with van der Waals surface area (Å²) in [7, 11) is 0. The van der Waals surface area contributed by atoms with Gasteiger partial charge >= 0.3 is 0 Å². The van der Waals surface area contributed by atoms with E-state index in [1.807, 2.05) is 19.1 Å². The van der Waals surface area contributed by atoms with Gasteiger partial charge in [-0.3, -0.25) is 4.90 Å². The van der Waals surface area contributed by atoms with Crippen LogP contribution in [0.5, 0.6) is 5.88 Å². The maximum atomic E-state index is 6.06. The van der Waals surface area contributed by atoms with Gasteiger partial charge in [0.25, 0.3) is 0 Å². The maximum Gasteiger partial charge on any atom is 0.216 e. The van der Waals surface area contributed by atoms with E-state index >= 15 is 0 Å². The van der Waals surface area contributed by atoms with Crippen molar-refractivity contribution in [3.05, 3.63) is 30.7 Å². The highest BCUT2D eigenvalue weighted by Gasteiger charge is 2.17. The van der Waals surface area contributed by atoms with Crippen molar-refractivity contribution in [1.29, 1.82) is 0 Å². The Hall–Kier alpha value is -1.46. The monoisotopic (exact) mass is 291 g/mol. The Bertz CT molecular complexity index is 431. The number of rotatable bonds is 7. The topological polar surface area (TPSA) is 47.5 Å². The van der Waals surface area contributed by atoms with Gasteiger partial charge in [-0.2, -0.15) is 4.98 Å². The van der Waals surface area contributed by atoms with Gasteiger partial charge in [-0.05, 0) is 26.2 Å². The fraction of sp³-hybridized carbons (Fsp3) is 0.625. The molecule has 2 heterocycles. The molecule has 1 saturated heterocycles. The predicted molar refractivity (Wildman–Crippen MR) is 82.5 cm³/mol. The van der Waals surface area contributed by atoms with Crippen LogP contribution in [0, 0.1) is 6.92 Å². The van der Waals surface area contributed by atoms with Crippen molar-refractivity contribution in [2.45, 2.75) is 32.3 Å². The lowest BCUT2D eigenvalue weighted by molar-refractivity contribution is 0.109. The molecule has 1 aliphatic rings. The smallest absolute Gasteiger partial charge is 0.216 e. The van der Waals surface area contributed by atoms with E-state index < -0.39 is 0 Å². The van der Waals surface area contributed by atoms with Crippen molar-refractivity contribution in [2.24, 2.45) is 0 Å². The molecule has 0 radical (unpaired) electrons. The molecule has 1 aromatic heterocycles. The Kier molecular flexibility index (Phi) is 6.63. The lowest BCUT2D eigenvalue weighted by Crippen LogP contribution is -2.37. The van der Waals surface area contributed by atoms with Crippen LogP contribution in [-0.4, -0.2) is 53.8 Å². The molecule has 0 saturated carbocycles. The first-order valence-corrected chi connectivity index (χ1v) is 7.65. The molecule has 0 amide bonds. The van der Waals surface area contributed by atoms with Gasteiger partial charge < -0.3 is 9.47 Å². The second-order valence-corrected chi connectivity index (χ2v) is 5.31. The van der Waals surface area contributed by atoms with E-state index in [0.29, 0.717) is 5.88 Å². The van der Waals surface area contributed by atoms with Gasteiger partial charge in [-0.15, -0.1) is 6.58 Å². The van der Waals surface area contributed by atoms with Crippen LogP contribution < -0.4 is 4.74 Å². The fourth-order valence-corrected chi connectivity index (χ4v) is 2.43. The summed E-state index contributed by atoms with van der Waals surface area (Å²) in [6.07, 6.45) is 6.77. The van der Waals surface area contributed by atoms with Gasteiger partial charge in [0, 0.05) is 38.5 Å². The molecule has 1 aromatic rings. The summed E-state index contributed by atoms with van der Waals surface area (Å²) < 4.78 is 11.6. The van der Waals surface area contributed by atoms with Gasteiger partial charge in [-0.25, -0.2) is 4.98 Å². The van der Waals surface area contributed by atoms with Crippen molar-refractivity contribution in [3.63, 3.8) is 0 Å². The highest BCUT2D eigenvalue weighted by molar-refractivity contribution is 5.08. The first kappa shape index (κ1) is 15.9. The van der Waals surface area contributed by atoms with E-state index in [2.05, 4.69) is 21.4 Å². The molecule has 0 bridgehead atoms. The summed E-state index contributed by atoms with van der Waals surface area (Å²) in [5.74, 6) is 1.39. The lowest BCUT2D eigenvalue weighted by Gasteiger charge is -2.26. The van der Waals surface area contributed by atoms with E-state index in [0.717, 1.165) is 57.9 Å². The second-order valence-electron chi connectivity index (χ2n) is 5.31. The van der Waals surface area contributed by atoms with Crippen LogP contribution in [0.2, 0.25) is 0 Å². The average molecular weight is 291 g/mol. The molecule has 5 heteroatoms. The van der Waals surface area contributed by atoms with Gasteiger partial charge in [0.05, 0.1) is 6.61 Å². The van der Waals surface area contributed by atoms with Crippen molar-refractivity contribution < 1.29 is 9.47 Å². The Morgan fingerprint density at radius 3 is 3.19 bits per heavy atom. The highest BCUT2D eigenvalue weighted by atomic mass is 16.5. The van der Waals surface area contributed by atoms with Crippen LogP contribution in [0.1, 0.15) is 25.1 Å². The van der Waals surface area contributed by atoms with Crippen LogP contribution in [0.4, 0.5) is 0 Å². The fourth-order valence-electron chi connectivity index (χ4n) is 2.43. The molecule has 0 N–H and O–H groups in total. The normalized spacial score (nSPS) is 18.0. The summed E-state index contributed by atoms with van der Waals surface area (Å²) in [5, 5.41) is 0. The minimum absolute atomic E-state index is 0.121. The zero-order chi connectivity index (χ0) is 14.9. The number of allylic oxidation sites excluding steroid dienone is 1. The molecule has 5 nitrogen and oxygen atoms in total. The lowest BCUT2D eigenvalue weighted by atomic mass is 10.2. The van der Waals surface area contributed by atoms with Crippen molar-refractivity contribution >= 4 is 0 Å². The Labute approximate surface area is 127 Å². The Morgan fingerprint density at radius 1 is 1.48 bits per heavy atom. The molecule has 2 rings (SSSR count). The SMILES string of the molecule is C=CCCC(CN1CCCOCC1)Oc1ccnc(C)n1. The molecule has 1 unspecified atom stereocenters. The van der Waals surface area contributed by atoms with Gasteiger partial charge in [-0.1, -0.05) is 6.08 Å². The van der Waals surface area contributed by atoms with Crippen molar-refractivity contribution in [3.8, 4) is 5.88 Å². The number of ether oxygens (including phenoxy) is 2. The minimum Gasteiger partial charge on any atom is -0.473 e. The van der Waals surface area contributed by atoms with E-state index in [1.54, 1.807) is 6.20 Å². The van der Waals surface area contributed by atoms with Crippen LogP contribution in [0.25, 0.3) is 0 Å². The molecule has 21 heavy (non-hydrogen) atoms. The summed E-state index contributed by atoms with van der Waals surface area (Å²) in [6.45, 7) is 10.3. The third-order valence-corrected chi connectivity index (χ3v) is 3.51. The van der Waals surface area contributed by atoms with E-state index in [4.69, 9.17) is 9.47 Å². The first-order chi connectivity index (χ1) is 10.3. The molecule has 1 atom stereocenters. The van der Waals surface area contributed by atoms with Crippen LogP contribution in [0.15, 0.2) is 24.9 Å². The van der Waals surface area contributed by atoms with Gasteiger partial charge in [0.15, 0.2) is 0 Å². The molecular weight excluding hydrogens is 266 g/mol. The van der Waals surface area contributed by atoms with Crippen molar-refractivity contribution in [2.75, 3.05) is 32.8 Å². The standard InChI is InChI=1S/C16H25N3O2/c1-3-4-6-15(13-19-9-5-11-20-12-10-19)21-16-7-8-17-14(2)18-16/h3,7-8,15H,1,4-6,9-13H2,2H3. The van der Waals surface area contributed by atoms with Crippen LogP contribution in [0.3, 0.4) is 0 Å². The maximum absolute atomic E-state index is 6.06. The number of hydrogen-bond donors (Lipinski definition) is 0. The highest BCUT2D eigenvalue weighted by Crippen LogP contribution is 2.13. The molecule has 0 aliphatic carbocycles. The van der Waals surface area contributed by atoms with Gasteiger partial charge in [0.1, 0.15) is 11.9 Å². The van der Waals surface area contributed by atoms with Crippen LogP contribution in [-0.2, 0) is 4.74 Å². The van der Waals surface area contributed by atoms with Crippen LogP contribution >= 0.6 is 0 Å². The zero-order valence-electron chi connectivity index (χ0n) is 12.8. The number of aryl methyl sites for hydroxylation is 1. The van der Waals surface area contributed by atoms with Crippen molar-refractivity contribution in [1.82, 2.24) is 14.9 Å². The molecule has 1 aliphatic heterocycles. The summed E-state index contributed by atoms with van der Waals surface area (Å²) in [6, 6.07) is 1.82. The third-order valence-electron chi connectivity index (χ3n) is 3.51. The van der Waals surface area contributed by atoms with E-state index in [-0.39, 0.29) is 6.10 Å². The Balaban J connectivity index is 1.94. The molecular formula is C16H25N3O2. The summed E-state index contributed by atoms with van der Waals surface area (Å²) in [5.41, 5.74) is 0. The molecule has 116 valence electrons. The largest absolute Gasteiger partial charge is 0.473 e. The summed E-state index contributed by atoms with van der Waals surface area (Å²) >= 11 is 0. The number of aromatic nitrogens is 2. The molecule has 1 fully saturated rings. The number of hydrogen-bond acceptors (Lipinski definition) is 5. The third kappa shape index (κ3) is 5.81. The first-order valence-electron chi connectivity index (χ1n) is 7.65. The second kappa shape index (κ2) is 8.74. The predicted octanol–water partition coefficient (Wildman–Crippen LogP) is 2.22. The zero-order valence-corrected chi connectivity index (χ0v) is 12.8. The molecule has 0 aromatic carbocycles. The Morgan fingerprint density at radius 2 is 2.38 bits per heavy atom. The molecule has 0 spiro atoms.